The first kappa shape index (κ1) is 21.7. The van der Waals surface area contributed by atoms with Crippen molar-refractivity contribution in [3.8, 4) is 21.4 Å². The number of nitrogens with zero attached hydrogens (tertiary/aromatic N) is 6. The Morgan fingerprint density at radius 2 is 1.32 bits per heavy atom. The first-order valence-electron chi connectivity index (χ1n) is 8.04. The van der Waals surface area contributed by atoms with Gasteiger partial charge in [-0.05, 0) is 0 Å². The summed E-state index contributed by atoms with van der Waals surface area (Å²) in [7, 11) is 3.59. The van der Waals surface area contributed by atoms with Crippen molar-refractivity contribution in [3.63, 3.8) is 0 Å². The van der Waals surface area contributed by atoms with E-state index in [0.717, 1.165) is 44.7 Å². The maximum atomic E-state index is 5.59. The third-order valence-corrected chi connectivity index (χ3v) is 14.1. The van der Waals surface area contributed by atoms with Crippen LogP contribution < -0.4 is 11.0 Å². The Bertz CT molecular complexity index is 1210. The van der Waals surface area contributed by atoms with Gasteiger partial charge in [-0.2, -0.15) is 0 Å². The average Bonchev–Trinajstić information content (AvgIpc) is 3.33. The van der Waals surface area contributed by atoms with E-state index in [1.54, 1.807) is 19.4 Å². The molecule has 28 heavy (non-hydrogen) atoms. The van der Waals surface area contributed by atoms with Crippen molar-refractivity contribution in [2.45, 2.75) is 26.9 Å². The van der Waals surface area contributed by atoms with Gasteiger partial charge in [-0.3, -0.25) is 0 Å². The van der Waals surface area contributed by atoms with Crippen LogP contribution in [0.1, 0.15) is 13.8 Å². The monoisotopic (exact) mass is 712 g/mol. The molecule has 0 atom stereocenters. The fourth-order valence-electron chi connectivity index (χ4n) is 2.62. The third kappa shape index (κ3) is 4.26. The Labute approximate surface area is 201 Å². The van der Waals surface area contributed by atoms with Crippen LogP contribution in [0.25, 0.3) is 21.4 Å². The van der Waals surface area contributed by atoms with Gasteiger partial charge in [-0.1, -0.05) is 0 Å². The van der Waals surface area contributed by atoms with Gasteiger partial charge in [0.1, 0.15) is 0 Å². The summed E-state index contributed by atoms with van der Waals surface area (Å²) in [5.74, 6) is 2.08. The van der Waals surface area contributed by atoms with Crippen LogP contribution in [0, 0.1) is 9.02 Å². The van der Waals surface area contributed by atoms with Crippen molar-refractivity contribution in [3.05, 3.63) is 32.1 Å². The van der Waals surface area contributed by atoms with Gasteiger partial charge < -0.3 is 0 Å². The van der Waals surface area contributed by atoms with Crippen molar-refractivity contribution in [1.82, 2.24) is 17.1 Å². The van der Waals surface area contributed by atoms with Gasteiger partial charge in [0, 0.05) is 0 Å². The van der Waals surface area contributed by atoms with Crippen LogP contribution in [0.4, 0.5) is 0 Å². The molecule has 14 heteroatoms. The molecule has 0 aromatic carbocycles. The molecule has 4 aliphatic heterocycles. The minimum atomic E-state index is 0.00476. The normalized spacial score (nSPS) is 13.2. The second kappa shape index (κ2) is 9.72. The zero-order valence-electron chi connectivity index (χ0n) is 14.5. The van der Waals surface area contributed by atoms with Gasteiger partial charge >= 0.3 is 203 Å². The molecule has 0 aromatic rings. The fourth-order valence-corrected chi connectivity index (χ4v) is 13.3. The van der Waals surface area contributed by atoms with Crippen LogP contribution in [0.5, 0.6) is 0 Å². The zero-order valence-corrected chi connectivity index (χ0v) is 24.6. The average molecular weight is 708 g/mol. The molecule has 0 saturated heterocycles. The summed E-state index contributed by atoms with van der Waals surface area (Å²) in [4.78, 5) is 2.38. The van der Waals surface area contributed by atoms with E-state index in [-0.39, 0.29) is 53.9 Å². The maximum absolute atomic E-state index is 5.59. The summed E-state index contributed by atoms with van der Waals surface area (Å²) in [6.07, 6.45) is 0. The Kier molecular flexibility index (Phi) is 7.53. The first-order chi connectivity index (χ1) is 13.6. The molecule has 0 bridgehead atoms. The molecule has 0 spiro atoms. The molecule has 0 aliphatic carbocycles. The van der Waals surface area contributed by atoms with Gasteiger partial charge in [0.2, 0.25) is 0 Å². The molecule has 146 valence electrons. The zero-order chi connectivity index (χ0) is 19.7. The summed E-state index contributed by atoms with van der Waals surface area (Å²) in [5, 5.41) is 0. The topological polar surface area (TPSA) is 60.4 Å². The van der Waals surface area contributed by atoms with Crippen LogP contribution in [0.15, 0.2) is 20.2 Å². The van der Waals surface area contributed by atoms with Gasteiger partial charge in [0.25, 0.3) is 0 Å². The number of hydrogen-bond donors (Lipinski definition) is 0. The fraction of sp³-hybridized carbons (Fsp3) is 0.286. The Hall–Kier alpha value is 0.458. The molecule has 0 radical (unpaired) electrons. The minimum absolute atomic E-state index is 0.00476. The second-order valence-electron chi connectivity index (χ2n) is 5.36. The molecule has 4 aliphatic rings. The number of rotatable bonds is 5. The Balaban J connectivity index is 1.71. The predicted octanol–water partition coefficient (Wildman–Crippen LogP) is 1.68. The van der Waals surface area contributed by atoms with E-state index in [1.165, 1.54) is 9.75 Å². The molecule has 0 fully saturated rings. The molecular weight excluding hydrogens is 696 g/mol. The molecule has 0 aromatic heterocycles. The third-order valence-electron chi connectivity index (χ3n) is 3.84. The van der Waals surface area contributed by atoms with E-state index in [1.807, 2.05) is 12.1 Å². The van der Waals surface area contributed by atoms with Gasteiger partial charge in [-0.15, -0.1) is 0 Å². The van der Waals surface area contributed by atoms with Crippen molar-refractivity contribution < 1.29 is 0 Å². The summed E-state index contributed by atoms with van der Waals surface area (Å²) in [6.45, 7) is 5.88. The first-order valence-corrected chi connectivity index (χ1v) is 21.9. The molecular formula is C14H12N6S4Se4. The summed E-state index contributed by atoms with van der Waals surface area (Å²) in [5.41, 5.74) is 1.75. The van der Waals surface area contributed by atoms with Gasteiger partial charge in [0.05, 0.1) is 0 Å². The standard InChI is InChI=1S/C14H12N6S4Se4/c1-3-19-11(7(21)5-9-13(19)15-25-23-9)17-27-28-18-12-8(22)6-10-14(16-26-24-10)20(12)4-2/h5-6H,3-4H2,1-2H3/b17-11+,18-12+. The molecule has 0 unspecified atom stereocenters. The SMILES string of the molecule is CCn1c2n[se]sc-2cc(=S)/c1=N\[Se][Se]/N=c1\c(=S)cc2s[se]nc-2n1CC. The molecule has 0 saturated carbocycles. The molecule has 0 N–H and O–H groups in total. The number of hydrogen-bond acceptors (Lipinski definition) is 8. The van der Waals surface area contributed by atoms with Gasteiger partial charge in [0.15, 0.2) is 0 Å². The van der Waals surface area contributed by atoms with E-state index in [9.17, 15) is 0 Å². The summed E-state index contributed by atoms with van der Waals surface area (Å²) in [6, 6.07) is 4.10. The van der Waals surface area contributed by atoms with Crippen LogP contribution in [0.2, 0.25) is 0 Å². The number of fused-ring (bicyclic) bond motifs is 2. The van der Waals surface area contributed by atoms with E-state index in [4.69, 9.17) is 32.5 Å². The molecule has 0 amide bonds. The predicted molar refractivity (Wildman–Crippen MR) is 123 cm³/mol. The second-order valence-corrected chi connectivity index (χ2v) is 17.1. The molecule has 4 heterocycles. The van der Waals surface area contributed by atoms with Crippen LogP contribution in [0.3, 0.4) is 0 Å². The molecule has 6 nitrogen and oxygen atoms in total. The van der Waals surface area contributed by atoms with E-state index in [2.05, 4.69) is 30.9 Å². The summed E-state index contributed by atoms with van der Waals surface area (Å²) >= 11 is 11.6. The summed E-state index contributed by atoms with van der Waals surface area (Å²) < 4.78 is 24.9. The van der Waals surface area contributed by atoms with E-state index >= 15 is 0 Å². The number of pyridine rings is 2. The van der Waals surface area contributed by atoms with Crippen molar-refractivity contribution in [2.75, 3.05) is 0 Å². The van der Waals surface area contributed by atoms with Crippen LogP contribution >= 0.6 is 43.9 Å². The van der Waals surface area contributed by atoms with E-state index in [0.29, 0.717) is 0 Å². The quantitative estimate of drug-likeness (QED) is 0.180. The molecule has 4 rings (SSSR count). The van der Waals surface area contributed by atoms with Crippen molar-refractivity contribution in [2.24, 2.45) is 8.02 Å². The van der Waals surface area contributed by atoms with Crippen molar-refractivity contribution >= 4 is 97.7 Å². The Morgan fingerprint density at radius 1 is 0.893 bits per heavy atom. The van der Waals surface area contributed by atoms with Gasteiger partial charge in [-0.25, -0.2) is 0 Å². The van der Waals surface area contributed by atoms with Crippen LogP contribution in [-0.2, 0) is 13.1 Å². The Morgan fingerprint density at radius 3 is 1.71 bits per heavy atom. The van der Waals surface area contributed by atoms with Crippen LogP contribution in [-0.4, -0.2) is 70.9 Å². The van der Waals surface area contributed by atoms with Crippen molar-refractivity contribution in [1.29, 1.82) is 0 Å². The number of aromatic nitrogens is 4. The van der Waals surface area contributed by atoms with E-state index < -0.39 is 0 Å².